The van der Waals surface area contributed by atoms with Gasteiger partial charge in [0.25, 0.3) is 0 Å². The van der Waals surface area contributed by atoms with Crippen LogP contribution in [0.15, 0.2) is 0 Å². The van der Waals surface area contributed by atoms with Crippen molar-refractivity contribution in [1.82, 2.24) is 10.6 Å². The maximum atomic E-state index is 12.1. The number of nitrogens with two attached hydrogens (primary N) is 1. The van der Waals surface area contributed by atoms with Gasteiger partial charge in [-0.3, -0.25) is 9.59 Å². The van der Waals surface area contributed by atoms with E-state index < -0.39 is 6.04 Å². The lowest BCUT2D eigenvalue weighted by molar-refractivity contribution is -0.129. The SMILES string of the molecule is CCC(N)(CC)CNC(=O)C(C)NC(=O)CC1CCCCC1.Cl. The predicted molar refractivity (Wildman–Crippen MR) is 96.6 cm³/mol. The van der Waals surface area contributed by atoms with E-state index in [0.29, 0.717) is 18.9 Å². The average Bonchev–Trinajstić information content (AvgIpc) is 2.53. The van der Waals surface area contributed by atoms with E-state index in [1.54, 1.807) is 6.92 Å². The zero-order valence-corrected chi connectivity index (χ0v) is 15.6. The standard InChI is InChI=1S/C17H33N3O2.ClH/c1-4-17(18,5-2)12-19-16(22)13(3)20-15(21)11-14-9-7-6-8-10-14;/h13-14H,4-12,18H2,1-3H3,(H,19,22)(H,20,21);1H. The van der Waals surface area contributed by atoms with Gasteiger partial charge >= 0.3 is 0 Å². The molecular formula is C17H34ClN3O2. The van der Waals surface area contributed by atoms with Gasteiger partial charge in [-0.1, -0.05) is 33.1 Å². The summed E-state index contributed by atoms with van der Waals surface area (Å²) in [5.41, 5.74) is 5.81. The number of rotatable bonds is 8. The molecule has 136 valence electrons. The van der Waals surface area contributed by atoms with Crippen molar-refractivity contribution in [1.29, 1.82) is 0 Å². The predicted octanol–water partition coefficient (Wildman–Crippen LogP) is 2.52. The summed E-state index contributed by atoms with van der Waals surface area (Å²) < 4.78 is 0. The van der Waals surface area contributed by atoms with Gasteiger partial charge in [0.2, 0.25) is 11.8 Å². The Kier molecular flexibility index (Phi) is 10.5. The van der Waals surface area contributed by atoms with Crippen molar-refractivity contribution < 1.29 is 9.59 Å². The normalized spacial score (nSPS) is 17.0. The highest BCUT2D eigenvalue weighted by molar-refractivity contribution is 5.87. The summed E-state index contributed by atoms with van der Waals surface area (Å²) in [6.45, 7) is 6.21. The first-order valence-electron chi connectivity index (χ1n) is 8.76. The number of carbonyl (C=O) groups is 2. The molecule has 1 saturated carbocycles. The highest BCUT2D eigenvalue weighted by Gasteiger charge is 2.24. The van der Waals surface area contributed by atoms with Crippen LogP contribution < -0.4 is 16.4 Å². The van der Waals surface area contributed by atoms with Crippen LogP contribution in [0.25, 0.3) is 0 Å². The molecule has 4 N–H and O–H groups in total. The Hall–Kier alpha value is -0.810. The second-order valence-electron chi connectivity index (χ2n) is 6.78. The van der Waals surface area contributed by atoms with Crippen molar-refractivity contribution in [3.63, 3.8) is 0 Å². The van der Waals surface area contributed by atoms with Crippen molar-refractivity contribution in [2.45, 2.75) is 83.7 Å². The van der Waals surface area contributed by atoms with Crippen molar-refractivity contribution in [2.75, 3.05) is 6.54 Å². The number of carbonyl (C=O) groups excluding carboxylic acids is 2. The molecule has 0 aromatic carbocycles. The largest absolute Gasteiger partial charge is 0.352 e. The van der Waals surface area contributed by atoms with E-state index in [4.69, 9.17) is 5.73 Å². The van der Waals surface area contributed by atoms with Crippen LogP contribution in [0, 0.1) is 5.92 Å². The van der Waals surface area contributed by atoms with E-state index in [-0.39, 0.29) is 29.8 Å². The minimum atomic E-state index is -0.506. The number of hydrogen-bond acceptors (Lipinski definition) is 3. The molecule has 1 aliphatic carbocycles. The first-order chi connectivity index (χ1) is 10.4. The van der Waals surface area contributed by atoms with E-state index in [0.717, 1.165) is 25.7 Å². The lowest BCUT2D eigenvalue weighted by Gasteiger charge is -2.28. The number of halogens is 1. The van der Waals surface area contributed by atoms with E-state index in [1.165, 1.54) is 19.3 Å². The molecule has 6 heteroatoms. The molecule has 0 aliphatic heterocycles. The van der Waals surface area contributed by atoms with Gasteiger partial charge in [-0.2, -0.15) is 0 Å². The Labute approximate surface area is 146 Å². The van der Waals surface area contributed by atoms with E-state index in [9.17, 15) is 9.59 Å². The van der Waals surface area contributed by atoms with Gasteiger partial charge < -0.3 is 16.4 Å². The number of nitrogens with one attached hydrogen (secondary N) is 2. The summed E-state index contributed by atoms with van der Waals surface area (Å²) in [4.78, 5) is 24.1. The highest BCUT2D eigenvalue weighted by atomic mass is 35.5. The average molecular weight is 348 g/mol. The highest BCUT2D eigenvalue weighted by Crippen LogP contribution is 2.26. The quantitative estimate of drug-likeness (QED) is 0.630. The maximum Gasteiger partial charge on any atom is 0.242 e. The van der Waals surface area contributed by atoms with Gasteiger partial charge in [0, 0.05) is 18.5 Å². The van der Waals surface area contributed by atoms with E-state index >= 15 is 0 Å². The fraction of sp³-hybridized carbons (Fsp3) is 0.882. The Morgan fingerprint density at radius 3 is 2.26 bits per heavy atom. The van der Waals surface area contributed by atoms with Crippen LogP contribution in [0.5, 0.6) is 0 Å². The fourth-order valence-corrected chi connectivity index (χ4v) is 2.94. The third-order valence-electron chi connectivity index (χ3n) is 4.99. The summed E-state index contributed by atoms with van der Waals surface area (Å²) in [5.74, 6) is 0.314. The van der Waals surface area contributed by atoms with Gasteiger partial charge in [0.15, 0.2) is 0 Å². The molecule has 0 bridgehead atoms. The molecule has 1 rings (SSSR count). The second-order valence-corrected chi connectivity index (χ2v) is 6.78. The zero-order valence-electron chi connectivity index (χ0n) is 14.8. The third kappa shape index (κ3) is 8.02. The molecule has 1 atom stereocenters. The van der Waals surface area contributed by atoms with Crippen LogP contribution in [0.4, 0.5) is 0 Å². The summed E-state index contributed by atoms with van der Waals surface area (Å²) in [6.07, 6.45) is 8.17. The molecule has 23 heavy (non-hydrogen) atoms. The molecule has 0 aromatic rings. The minimum Gasteiger partial charge on any atom is -0.352 e. The van der Waals surface area contributed by atoms with E-state index in [2.05, 4.69) is 10.6 Å². The molecule has 0 radical (unpaired) electrons. The smallest absolute Gasteiger partial charge is 0.242 e. The zero-order chi connectivity index (χ0) is 16.6. The molecule has 2 amide bonds. The van der Waals surface area contributed by atoms with Gasteiger partial charge in [0.1, 0.15) is 6.04 Å². The monoisotopic (exact) mass is 347 g/mol. The summed E-state index contributed by atoms with van der Waals surface area (Å²) >= 11 is 0. The van der Waals surface area contributed by atoms with Crippen molar-refractivity contribution >= 4 is 24.2 Å². The van der Waals surface area contributed by atoms with Crippen LogP contribution in [0.3, 0.4) is 0 Å². The third-order valence-corrected chi connectivity index (χ3v) is 4.99. The van der Waals surface area contributed by atoms with Crippen LogP contribution in [0.2, 0.25) is 0 Å². The molecule has 1 aliphatic rings. The maximum absolute atomic E-state index is 12.1. The topological polar surface area (TPSA) is 84.2 Å². The van der Waals surface area contributed by atoms with Crippen LogP contribution in [-0.4, -0.2) is 29.9 Å². The number of hydrogen-bond donors (Lipinski definition) is 3. The molecule has 0 aromatic heterocycles. The molecule has 1 fully saturated rings. The lowest BCUT2D eigenvalue weighted by atomic mass is 9.87. The van der Waals surface area contributed by atoms with Crippen molar-refractivity contribution in [3.05, 3.63) is 0 Å². The fourth-order valence-electron chi connectivity index (χ4n) is 2.94. The van der Waals surface area contributed by atoms with Crippen molar-refractivity contribution in [3.8, 4) is 0 Å². The lowest BCUT2D eigenvalue weighted by Crippen LogP contribution is -2.53. The Morgan fingerprint density at radius 2 is 1.74 bits per heavy atom. The Balaban J connectivity index is 0.00000484. The summed E-state index contributed by atoms with van der Waals surface area (Å²) in [5, 5.41) is 5.66. The summed E-state index contributed by atoms with van der Waals surface area (Å²) in [6, 6.07) is -0.506. The van der Waals surface area contributed by atoms with Crippen molar-refractivity contribution in [2.24, 2.45) is 11.7 Å². The molecule has 1 unspecified atom stereocenters. The summed E-state index contributed by atoms with van der Waals surface area (Å²) in [7, 11) is 0. The van der Waals surface area contributed by atoms with Gasteiger partial charge in [-0.15, -0.1) is 12.4 Å². The molecule has 0 saturated heterocycles. The second kappa shape index (κ2) is 10.9. The van der Waals surface area contributed by atoms with Crippen LogP contribution in [-0.2, 0) is 9.59 Å². The van der Waals surface area contributed by atoms with E-state index in [1.807, 2.05) is 13.8 Å². The van der Waals surface area contributed by atoms with Crippen LogP contribution >= 0.6 is 12.4 Å². The van der Waals surface area contributed by atoms with Gasteiger partial charge in [-0.05, 0) is 38.5 Å². The molecular weight excluding hydrogens is 314 g/mol. The van der Waals surface area contributed by atoms with Gasteiger partial charge in [-0.25, -0.2) is 0 Å². The Bertz CT molecular complexity index is 367. The molecule has 0 heterocycles. The molecule has 0 spiro atoms. The number of amides is 2. The first-order valence-corrected chi connectivity index (χ1v) is 8.76. The molecule has 5 nitrogen and oxygen atoms in total. The van der Waals surface area contributed by atoms with Gasteiger partial charge in [0.05, 0.1) is 0 Å². The van der Waals surface area contributed by atoms with Crippen LogP contribution in [0.1, 0.15) is 72.1 Å². The Morgan fingerprint density at radius 1 is 1.17 bits per heavy atom. The minimum absolute atomic E-state index is 0. The first kappa shape index (κ1) is 22.2.